The summed E-state index contributed by atoms with van der Waals surface area (Å²) in [6.45, 7) is 0.787. The number of benzene rings is 2. The van der Waals surface area contributed by atoms with Gasteiger partial charge in [-0.1, -0.05) is 11.6 Å². The van der Waals surface area contributed by atoms with Crippen molar-refractivity contribution in [1.29, 1.82) is 0 Å². The van der Waals surface area contributed by atoms with Crippen molar-refractivity contribution >= 4 is 33.0 Å². The summed E-state index contributed by atoms with van der Waals surface area (Å²) in [6, 6.07) is 8.51. The highest BCUT2D eigenvalue weighted by molar-refractivity contribution is 7.92. The maximum Gasteiger partial charge on any atom is 0.261 e. The monoisotopic (exact) mass is 326 g/mol. The molecule has 0 amide bonds. The van der Waals surface area contributed by atoms with E-state index in [1.807, 2.05) is 0 Å². The second-order valence-corrected chi connectivity index (χ2v) is 6.84. The van der Waals surface area contributed by atoms with E-state index in [0.717, 1.165) is 30.3 Å². The molecular weight excluding hydrogens is 315 g/mol. The van der Waals surface area contributed by atoms with Gasteiger partial charge < -0.3 is 5.32 Å². The Morgan fingerprint density at radius 2 is 2.00 bits per heavy atom. The Hall–Kier alpha value is -1.79. The summed E-state index contributed by atoms with van der Waals surface area (Å²) in [4.78, 5) is 0.101. The van der Waals surface area contributed by atoms with Gasteiger partial charge >= 0.3 is 0 Å². The van der Waals surface area contributed by atoms with Crippen LogP contribution < -0.4 is 10.0 Å². The highest BCUT2D eigenvalue weighted by Crippen LogP contribution is 2.27. The van der Waals surface area contributed by atoms with Gasteiger partial charge in [-0.25, -0.2) is 12.8 Å². The summed E-state index contributed by atoms with van der Waals surface area (Å²) >= 11 is 5.76. The Morgan fingerprint density at radius 3 is 2.81 bits per heavy atom. The van der Waals surface area contributed by atoms with Crippen LogP contribution >= 0.6 is 11.6 Å². The van der Waals surface area contributed by atoms with Crippen LogP contribution in [0.4, 0.5) is 15.8 Å². The van der Waals surface area contributed by atoms with Gasteiger partial charge in [0.05, 0.1) is 10.6 Å². The van der Waals surface area contributed by atoms with E-state index < -0.39 is 15.8 Å². The van der Waals surface area contributed by atoms with Crippen molar-refractivity contribution in [3.05, 3.63) is 52.8 Å². The van der Waals surface area contributed by atoms with E-state index in [1.54, 1.807) is 12.1 Å². The average molecular weight is 327 g/mol. The molecule has 0 radical (unpaired) electrons. The predicted octanol–water partition coefficient (Wildman–Crippen LogP) is 3.25. The third-order valence-corrected chi connectivity index (χ3v) is 4.87. The second-order valence-electron chi connectivity index (χ2n) is 4.73. The van der Waals surface area contributed by atoms with E-state index in [2.05, 4.69) is 10.0 Å². The molecule has 1 heterocycles. The molecule has 1 aliphatic heterocycles. The average Bonchev–Trinajstić information content (AvgIpc) is 2.90. The zero-order valence-corrected chi connectivity index (χ0v) is 12.4. The lowest BCUT2D eigenvalue weighted by Gasteiger charge is -2.10. The van der Waals surface area contributed by atoms with Crippen molar-refractivity contribution in [2.24, 2.45) is 0 Å². The maximum atomic E-state index is 13.6. The second kappa shape index (κ2) is 5.20. The third kappa shape index (κ3) is 2.82. The van der Waals surface area contributed by atoms with Gasteiger partial charge in [0.2, 0.25) is 0 Å². The molecule has 2 N–H and O–H groups in total. The first kappa shape index (κ1) is 14.2. The Balaban J connectivity index is 1.95. The summed E-state index contributed by atoms with van der Waals surface area (Å²) in [5.41, 5.74) is 1.70. The number of anilines is 2. The normalized spacial score (nSPS) is 13.6. The number of hydrogen-bond acceptors (Lipinski definition) is 3. The summed E-state index contributed by atoms with van der Waals surface area (Å²) in [5, 5.41) is 3.41. The lowest BCUT2D eigenvalue weighted by molar-refractivity contribution is 0.598. The largest absolute Gasteiger partial charge is 0.384 e. The van der Waals surface area contributed by atoms with Gasteiger partial charge in [-0.15, -0.1) is 0 Å². The van der Waals surface area contributed by atoms with Gasteiger partial charge in [0.1, 0.15) is 5.82 Å². The standard InChI is InChI=1S/C14H12ClFN2O2S/c15-10-1-3-12(16)14(8-10)18-21(19,20)11-2-4-13-9(7-11)5-6-17-13/h1-4,7-8,17-18H,5-6H2. The Morgan fingerprint density at radius 1 is 1.19 bits per heavy atom. The highest BCUT2D eigenvalue weighted by Gasteiger charge is 2.19. The SMILES string of the molecule is O=S(=O)(Nc1cc(Cl)ccc1F)c1ccc2c(c1)CCN2. The molecule has 0 unspecified atom stereocenters. The first-order chi connectivity index (χ1) is 9.95. The lowest BCUT2D eigenvalue weighted by Crippen LogP contribution is -2.14. The van der Waals surface area contributed by atoms with Gasteiger partial charge in [-0.05, 0) is 48.4 Å². The zero-order valence-electron chi connectivity index (χ0n) is 10.9. The summed E-state index contributed by atoms with van der Waals surface area (Å²) in [6.07, 6.45) is 0.768. The van der Waals surface area contributed by atoms with Crippen molar-refractivity contribution in [2.75, 3.05) is 16.6 Å². The van der Waals surface area contributed by atoms with Crippen molar-refractivity contribution in [1.82, 2.24) is 0 Å². The van der Waals surface area contributed by atoms with E-state index >= 15 is 0 Å². The van der Waals surface area contributed by atoms with E-state index in [9.17, 15) is 12.8 Å². The van der Waals surface area contributed by atoms with Crippen molar-refractivity contribution in [3.63, 3.8) is 0 Å². The number of hydrogen-bond donors (Lipinski definition) is 2. The Bertz CT molecular complexity index is 809. The fourth-order valence-electron chi connectivity index (χ4n) is 2.23. The quantitative estimate of drug-likeness (QED) is 0.910. The Kier molecular flexibility index (Phi) is 3.51. The number of nitrogens with one attached hydrogen (secondary N) is 2. The summed E-state index contributed by atoms with van der Waals surface area (Å²) in [5.74, 6) is -0.675. The molecule has 0 saturated carbocycles. The van der Waals surface area contributed by atoms with Gasteiger partial charge in [0, 0.05) is 17.3 Å². The van der Waals surface area contributed by atoms with Crippen LogP contribution in [-0.4, -0.2) is 15.0 Å². The molecular formula is C14H12ClFN2O2S. The molecule has 21 heavy (non-hydrogen) atoms. The van der Waals surface area contributed by atoms with E-state index in [0.29, 0.717) is 0 Å². The molecule has 0 atom stereocenters. The smallest absolute Gasteiger partial charge is 0.261 e. The first-order valence-electron chi connectivity index (χ1n) is 6.30. The zero-order chi connectivity index (χ0) is 15.0. The number of halogens is 2. The molecule has 2 aromatic carbocycles. The molecule has 2 aromatic rings. The van der Waals surface area contributed by atoms with Crippen LogP contribution in [0.15, 0.2) is 41.3 Å². The van der Waals surface area contributed by atoms with Gasteiger partial charge in [-0.2, -0.15) is 0 Å². The predicted molar refractivity (Wildman–Crippen MR) is 80.9 cm³/mol. The van der Waals surface area contributed by atoms with Crippen molar-refractivity contribution < 1.29 is 12.8 Å². The third-order valence-electron chi connectivity index (χ3n) is 3.27. The molecule has 7 heteroatoms. The van der Waals surface area contributed by atoms with Crippen LogP contribution in [0.3, 0.4) is 0 Å². The van der Waals surface area contributed by atoms with Crippen LogP contribution in [0.1, 0.15) is 5.56 Å². The molecule has 0 saturated heterocycles. The molecule has 0 aliphatic carbocycles. The van der Waals surface area contributed by atoms with Crippen molar-refractivity contribution in [2.45, 2.75) is 11.3 Å². The number of sulfonamides is 1. The fraction of sp³-hybridized carbons (Fsp3) is 0.143. The number of fused-ring (bicyclic) bond motifs is 1. The topological polar surface area (TPSA) is 58.2 Å². The summed E-state index contributed by atoms with van der Waals surface area (Å²) in [7, 11) is -3.85. The minimum absolute atomic E-state index is 0.101. The Labute approximate surface area is 127 Å². The van der Waals surface area contributed by atoms with Gasteiger partial charge in [-0.3, -0.25) is 4.72 Å². The van der Waals surface area contributed by atoms with Crippen LogP contribution in [0.5, 0.6) is 0 Å². The van der Waals surface area contributed by atoms with Crippen LogP contribution in [-0.2, 0) is 16.4 Å². The van der Waals surface area contributed by atoms with Crippen LogP contribution in [0.2, 0.25) is 5.02 Å². The molecule has 4 nitrogen and oxygen atoms in total. The molecule has 0 aromatic heterocycles. The van der Waals surface area contributed by atoms with E-state index in [1.165, 1.54) is 18.2 Å². The van der Waals surface area contributed by atoms with E-state index in [4.69, 9.17) is 11.6 Å². The molecule has 0 fully saturated rings. The first-order valence-corrected chi connectivity index (χ1v) is 8.16. The molecule has 0 bridgehead atoms. The van der Waals surface area contributed by atoms with Crippen LogP contribution in [0.25, 0.3) is 0 Å². The molecule has 3 rings (SSSR count). The van der Waals surface area contributed by atoms with Gasteiger partial charge in [0.15, 0.2) is 0 Å². The lowest BCUT2D eigenvalue weighted by atomic mass is 10.2. The van der Waals surface area contributed by atoms with Crippen LogP contribution in [0, 0.1) is 5.82 Å². The molecule has 1 aliphatic rings. The summed E-state index contributed by atoms with van der Waals surface area (Å²) < 4.78 is 40.5. The van der Waals surface area contributed by atoms with Crippen molar-refractivity contribution in [3.8, 4) is 0 Å². The number of rotatable bonds is 3. The fourth-order valence-corrected chi connectivity index (χ4v) is 3.51. The van der Waals surface area contributed by atoms with E-state index in [-0.39, 0.29) is 15.6 Å². The minimum atomic E-state index is -3.85. The highest BCUT2D eigenvalue weighted by atomic mass is 35.5. The maximum absolute atomic E-state index is 13.6. The minimum Gasteiger partial charge on any atom is -0.384 e. The molecule has 0 spiro atoms. The van der Waals surface area contributed by atoms with Gasteiger partial charge in [0.25, 0.3) is 10.0 Å². The molecule has 110 valence electrons.